The van der Waals surface area contributed by atoms with Crippen molar-refractivity contribution in [2.24, 2.45) is 0 Å². The number of nitrogens with one attached hydrogen (secondary N) is 2. The second-order valence-corrected chi connectivity index (χ2v) is 7.26. The van der Waals surface area contributed by atoms with Crippen LogP contribution in [-0.4, -0.2) is 24.5 Å². The molecule has 1 saturated carbocycles. The molecular formula is C20H20Cl2N2O3. The molecule has 2 aromatic carbocycles. The topological polar surface area (TPSA) is 67.4 Å². The summed E-state index contributed by atoms with van der Waals surface area (Å²) < 4.78 is 5.43. The molecule has 27 heavy (non-hydrogen) atoms. The molecule has 3 rings (SSSR count). The van der Waals surface area contributed by atoms with Gasteiger partial charge in [0.1, 0.15) is 5.75 Å². The Balaban J connectivity index is 1.62. The molecule has 2 aromatic rings. The molecule has 0 aromatic heterocycles. The van der Waals surface area contributed by atoms with Gasteiger partial charge in [-0.3, -0.25) is 9.59 Å². The van der Waals surface area contributed by atoms with Crippen molar-refractivity contribution in [1.82, 2.24) is 5.32 Å². The normalized spacial score (nSPS) is 14.0. The van der Waals surface area contributed by atoms with Gasteiger partial charge in [0, 0.05) is 17.1 Å². The van der Waals surface area contributed by atoms with Gasteiger partial charge in [-0.15, -0.1) is 0 Å². The van der Waals surface area contributed by atoms with E-state index >= 15 is 0 Å². The smallest absolute Gasteiger partial charge is 0.262 e. The lowest BCUT2D eigenvalue weighted by atomic mass is 10.1. The summed E-state index contributed by atoms with van der Waals surface area (Å²) in [6.07, 6.45) is 4.25. The van der Waals surface area contributed by atoms with Crippen LogP contribution in [-0.2, 0) is 4.79 Å². The third kappa shape index (κ3) is 5.37. The maximum atomic E-state index is 12.5. The van der Waals surface area contributed by atoms with E-state index in [1.807, 2.05) is 0 Å². The lowest BCUT2D eigenvalue weighted by molar-refractivity contribution is -0.118. The van der Waals surface area contributed by atoms with Gasteiger partial charge in [-0.05, 0) is 37.1 Å². The summed E-state index contributed by atoms with van der Waals surface area (Å²) in [5, 5.41) is 6.57. The fourth-order valence-corrected chi connectivity index (χ4v) is 3.38. The molecule has 0 atom stereocenters. The SMILES string of the molecule is O=C(COc1cc(Cl)ccc1Cl)Nc1ccccc1C(=O)NC1CCCC1. The van der Waals surface area contributed by atoms with Crippen LogP contribution in [0.15, 0.2) is 42.5 Å². The van der Waals surface area contributed by atoms with Gasteiger partial charge in [0.2, 0.25) is 0 Å². The van der Waals surface area contributed by atoms with Crippen LogP contribution in [0.2, 0.25) is 10.0 Å². The highest BCUT2D eigenvalue weighted by molar-refractivity contribution is 6.34. The summed E-state index contributed by atoms with van der Waals surface area (Å²) in [6.45, 7) is -0.251. The number of para-hydroxylation sites is 1. The van der Waals surface area contributed by atoms with Crippen molar-refractivity contribution in [2.45, 2.75) is 31.7 Å². The van der Waals surface area contributed by atoms with E-state index in [2.05, 4.69) is 10.6 Å². The zero-order valence-corrected chi connectivity index (χ0v) is 16.1. The average Bonchev–Trinajstić information content (AvgIpc) is 3.16. The largest absolute Gasteiger partial charge is 0.482 e. The molecule has 7 heteroatoms. The first-order valence-corrected chi connectivity index (χ1v) is 9.56. The Hall–Kier alpha value is -2.24. The molecule has 0 unspecified atom stereocenters. The van der Waals surface area contributed by atoms with Crippen LogP contribution >= 0.6 is 23.2 Å². The summed E-state index contributed by atoms with van der Waals surface area (Å²) >= 11 is 11.9. The predicted octanol–water partition coefficient (Wildman–Crippen LogP) is 4.68. The Morgan fingerprint density at radius 2 is 1.81 bits per heavy atom. The summed E-state index contributed by atoms with van der Waals surface area (Å²) in [5.41, 5.74) is 0.873. The van der Waals surface area contributed by atoms with Crippen molar-refractivity contribution >= 4 is 40.7 Å². The fraction of sp³-hybridized carbons (Fsp3) is 0.300. The molecule has 2 N–H and O–H groups in total. The number of halogens is 2. The van der Waals surface area contributed by atoms with Gasteiger partial charge in [0.25, 0.3) is 11.8 Å². The Morgan fingerprint density at radius 1 is 1.07 bits per heavy atom. The number of ether oxygens (including phenoxy) is 1. The van der Waals surface area contributed by atoms with E-state index in [0.29, 0.717) is 27.0 Å². The van der Waals surface area contributed by atoms with E-state index in [1.165, 1.54) is 0 Å². The molecule has 0 aliphatic heterocycles. The molecule has 0 bridgehead atoms. The number of rotatable bonds is 6. The van der Waals surface area contributed by atoms with Crippen LogP contribution in [0.5, 0.6) is 5.75 Å². The van der Waals surface area contributed by atoms with Gasteiger partial charge in [0.05, 0.1) is 16.3 Å². The third-order valence-electron chi connectivity index (χ3n) is 4.39. The van der Waals surface area contributed by atoms with Gasteiger partial charge in [-0.2, -0.15) is 0 Å². The lowest BCUT2D eigenvalue weighted by Gasteiger charge is -2.15. The molecule has 0 spiro atoms. The van der Waals surface area contributed by atoms with Crippen molar-refractivity contribution in [3.63, 3.8) is 0 Å². The van der Waals surface area contributed by atoms with Crippen LogP contribution < -0.4 is 15.4 Å². The van der Waals surface area contributed by atoms with E-state index in [4.69, 9.17) is 27.9 Å². The van der Waals surface area contributed by atoms with Crippen molar-refractivity contribution in [3.8, 4) is 5.75 Å². The number of anilines is 1. The highest BCUT2D eigenvalue weighted by Gasteiger charge is 2.20. The molecule has 1 fully saturated rings. The fourth-order valence-electron chi connectivity index (χ4n) is 3.04. The van der Waals surface area contributed by atoms with E-state index in [0.717, 1.165) is 25.7 Å². The molecule has 1 aliphatic carbocycles. The van der Waals surface area contributed by atoms with Gasteiger partial charge in [0.15, 0.2) is 6.61 Å². The second-order valence-electron chi connectivity index (χ2n) is 6.41. The summed E-state index contributed by atoms with van der Waals surface area (Å²) in [4.78, 5) is 24.8. The van der Waals surface area contributed by atoms with Crippen molar-refractivity contribution < 1.29 is 14.3 Å². The Labute approximate surface area is 168 Å². The highest BCUT2D eigenvalue weighted by Crippen LogP contribution is 2.27. The average molecular weight is 407 g/mol. The standard InChI is InChI=1S/C20H20Cl2N2O3/c21-13-9-10-16(22)18(11-13)27-12-19(25)24-17-8-4-3-7-15(17)20(26)23-14-5-1-2-6-14/h3-4,7-11,14H,1-2,5-6,12H2,(H,23,26)(H,24,25). The lowest BCUT2D eigenvalue weighted by Crippen LogP contribution is -2.33. The van der Waals surface area contributed by atoms with Gasteiger partial charge in [-0.1, -0.05) is 48.2 Å². The molecule has 0 heterocycles. The number of hydrogen-bond donors (Lipinski definition) is 2. The van der Waals surface area contributed by atoms with Crippen LogP contribution in [0, 0.1) is 0 Å². The van der Waals surface area contributed by atoms with E-state index in [1.54, 1.807) is 42.5 Å². The first kappa shape index (κ1) is 19.5. The third-order valence-corrected chi connectivity index (χ3v) is 4.94. The molecule has 0 saturated heterocycles. The van der Waals surface area contributed by atoms with Crippen LogP contribution in [0.4, 0.5) is 5.69 Å². The number of carbonyl (C=O) groups excluding carboxylic acids is 2. The van der Waals surface area contributed by atoms with E-state index in [-0.39, 0.29) is 18.6 Å². The van der Waals surface area contributed by atoms with Crippen molar-refractivity contribution in [3.05, 3.63) is 58.1 Å². The zero-order chi connectivity index (χ0) is 19.2. The monoisotopic (exact) mass is 406 g/mol. The van der Waals surface area contributed by atoms with Gasteiger partial charge < -0.3 is 15.4 Å². The number of hydrogen-bond acceptors (Lipinski definition) is 3. The van der Waals surface area contributed by atoms with Gasteiger partial charge >= 0.3 is 0 Å². The van der Waals surface area contributed by atoms with Crippen LogP contribution in [0.1, 0.15) is 36.0 Å². The first-order valence-electron chi connectivity index (χ1n) is 8.80. The number of carbonyl (C=O) groups is 2. The quantitative estimate of drug-likeness (QED) is 0.731. The van der Waals surface area contributed by atoms with Crippen LogP contribution in [0.3, 0.4) is 0 Å². The minimum absolute atomic E-state index is 0.184. The Kier molecular flexibility index (Phi) is 6.58. The summed E-state index contributed by atoms with van der Waals surface area (Å²) in [7, 11) is 0. The molecule has 1 aliphatic rings. The molecule has 2 amide bonds. The molecular weight excluding hydrogens is 387 g/mol. The van der Waals surface area contributed by atoms with Crippen molar-refractivity contribution in [1.29, 1.82) is 0 Å². The first-order chi connectivity index (χ1) is 13.0. The van der Waals surface area contributed by atoms with Gasteiger partial charge in [-0.25, -0.2) is 0 Å². The Morgan fingerprint density at radius 3 is 2.59 bits per heavy atom. The zero-order valence-electron chi connectivity index (χ0n) is 14.6. The summed E-state index contributed by atoms with van der Waals surface area (Å²) in [6, 6.07) is 11.9. The predicted molar refractivity (Wildman–Crippen MR) is 107 cm³/mol. The van der Waals surface area contributed by atoms with E-state index in [9.17, 15) is 9.59 Å². The van der Waals surface area contributed by atoms with E-state index < -0.39 is 5.91 Å². The molecule has 5 nitrogen and oxygen atoms in total. The maximum absolute atomic E-state index is 12.5. The minimum atomic E-state index is -0.396. The second kappa shape index (κ2) is 9.11. The molecule has 0 radical (unpaired) electrons. The Bertz CT molecular complexity index is 836. The van der Waals surface area contributed by atoms with Crippen molar-refractivity contribution in [2.75, 3.05) is 11.9 Å². The number of benzene rings is 2. The highest BCUT2D eigenvalue weighted by atomic mass is 35.5. The molecule has 142 valence electrons. The minimum Gasteiger partial charge on any atom is -0.482 e. The number of amides is 2. The van der Waals surface area contributed by atoms with Crippen LogP contribution in [0.25, 0.3) is 0 Å². The summed E-state index contributed by atoms with van der Waals surface area (Å²) in [5.74, 6) is -0.254. The maximum Gasteiger partial charge on any atom is 0.262 e.